The van der Waals surface area contributed by atoms with E-state index in [-0.39, 0.29) is 0 Å². The van der Waals surface area contributed by atoms with Crippen LogP contribution < -0.4 is 4.74 Å². The summed E-state index contributed by atoms with van der Waals surface area (Å²) in [5, 5.41) is 0. The number of ether oxygens (including phenoxy) is 1. The molecule has 0 atom stereocenters. The molecule has 2 nitrogen and oxygen atoms in total. The second-order valence-corrected chi connectivity index (χ2v) is 6.42. The van der Waals surface area contributed by atoms with E-state index in [1.54, 1.807) is 0 Å². The van der Waals surface area contributed by atoms with Gasteiger partial charge in [0, 0.05) is 11.6 Å². The van der Waals surface area contributed by atoms with Gasteiger partial charge in [0.15, 0.2) is 0 Å². The molecular weight excluding hydrogens is 258 g/mol. The highest BCUT2D eigenvalue weighted by Crippen LogP contribution is 2.37. The summed E-state index contributed by atoms with van der Waals surface area (Å²) in [6.07, 6.45) is 14.4. The van der Waals surface area contributed by atoms with Crippen LogP contribution in [0.25, 0.3) is 0 Å². The molecule has 2 heteroatoms. The van der Waals surface area contributed by atoms with Crippen molar-refractivity contribution in [3.8, 4) is 5.75 Å². The minimum absolute atomic E-state index is 0.674. The van der Waals surface area contributed by atoms with E-state index >= 15 is 0 Å². The minimum Gasteiger partial charge on any atom is -0.492 e. The van der Waals surface area contributed by atoms with Gasteiger partial charge in [0.05, 0.1) is 12.8 Å². The van der Waals surface area contributed by atoms with Gasteiger partial charge in [-0.3, -0.25) is 4.98 Å². The summed E-state index contributed by atoms with van der Waals surface area (Å²) in [5.41, 5.74) is 1.27. The Balaban J connectivity index is 1.73. The van der Waals surface area contributed by atoms with Gasteiger partial charge in [-0.1, -0.05) is 39.0 Å². The Kier molecular flexibility index (Phi) is 7.05. The first-order chi connectivity index (χ1) is 10.3. The van der Waals surface area contributed by atoms with Crippen molar-refractivity contribution in [2.45, 2.75) is 77.6 Å². The van der Waals surface area contributed by atoms with Crippen LogP contribution in [0, 0.1) is 5.92 Å². The van der Waals surface area contributed by atoms with Crippen molar-refractivity contribution < 1.29 is 4.74 Å². The molecule has 1 aliphatic carbocycles. The third-order valence-corrected chi connectivity index (χ3v) is 4.80. The molecule has 0 spiro atoms. The molecule has 1 aromatic heterocycles. The van der Waals surface area contributed by atoms with Gasteiger partial charge in [0.2, 0.25) is 0 Å². The largest absolute Gasteiger partial charge is 0.492 e. The maximum absolute atomic E-state index is 5.47. The second kappa shape index (κ2) is 9.07. The quantitative estimate of drug-likeness (QED) is 0.571. The van der Waals surface area contributed by atoms with Crippen LogP contribution in [-0.4, -0.2) is 11.6 Å². The molecule has 0 saturated heterocycles. The third kappa shape index (κ3) is 5.33. The number of aromatic nitrogens is 1. The first-order valence-electron chi connectivity index (χ1n) is 8.92. The van der Waals surface area contributed by atoms with Crippen LogP contribution in [0.5, 0.6) is 5.75 Å². The van der Waals surface area contributed by atoms with Crippen molar-refractivity contribution in [3.05, 3.63) is 24.0 Å². The molecule has 21 heavy (non-hydrogen) atoms. The fraction of sp³-hybridized carbons (Fsp3) is 0.737. The lowest BCUT2D eigenvalue weighted by Crippen LogP contribution is -2.14. The van der Waals surface area contributed by atoms with E-state index in [1.165, 1.54) is 63.5 Å². The normalized spacial score (nSPS) is 22.2. The standard InChI is InChI=1S/C19H31NO/c1-3-5-6-7-8-16-9-11-17(12-10-16)19-14-13-18(15-20-19)21-4-2/h13-17H,3-12H2,1-2H3/t16-,17-. The summed E-state index contributed by atoms with van der Waals surface area (Å²) in [7, 11) is 0. The lowest BCUT2D eigenvalue weighted by atomic mass is 9.78. The van der Waals surface area contributed by atoms with Crippen molar-refractivity contribution in [1.82, 2.24) is 4.98 Å². The van der Waals surface area contributed by atoms with E-state index in [2.05, 4.69) is 24.0 Å². The topological polar surface area (TPSA) is 22.1 Å². The number of pyridine rings is 1. The molecule has 0 aromatic carbocycles. The molecule has 0 bridgehead atoms. The Labute approximate surface area is 130 Å². The van der Waals surface area contributed by atoms with Crippen LogP contribution >= 0.6 is 0 Å². The summed E-state index contributed by atoms with van der Waals surface area (Å²) >= 11 is 0. The fourth-order valence-electron chi connectivity index (χ4n) is 3.49. The lowest BCUT2D eigenvalue weighted by Gasteiger charge is -2.28. The van der Waals surface area contributed by atoms with Gasteiger partial charge in [-0.05, 0) is 50.7 Å². The number of hydrogen-bond donors (Lipinski definition) is 0. The Morgan fingerprint density at radius 3 is 2.48 bits per heavy atom. The smallest absolute Gasteiger partial charge is 0.137 e. The predicted octanol–water partition coefficient (Wildman–Crippen LogP) is 5.72. The number of unbranched alkanes of at least 4 members (excludes halogenated alkanes) is 3. The Bertz CT molecular complexity index is 379. The van der Waals surface area contributed by atoms with E-state index in [4.69, 9.17) is 4.74 Å². The highest BCUT2D eigenvalue weighted by Gasteiger charge is 2.22. The molecule has 0 N–H and O–H groups in total. The zero-order chi connectivity index (χ0) is 14.9. The molecule has 0 unspecified atom stereocenters. The van der Waals surface area contributed by atoms with Crippen molar-refractivity contribution in [3.63, 3.8) is 0 Å². The minimum atomic E-state index is 0.674. The SMILES string of the molecule is CCCCCC[C@H]1CC[C@H](c2ccc(OCC)cn2)CC1. The van der Waals surface area contributed by atoms with Crippen LogP contribution in [0.1, 0.15) is 83.2 Å². The van der Waals surface area contributed by atoms with Gasteiger partial charge in [-0.2, -0.15) is 0 Å². The predicted molar refractivity (Wildman–Crippen MR) is 88.9 cm³/mol. The Hall–Kier alpha value is -1.05. The fourth-order valence-corrected chi connectivity index (χ4v) is 3.49. The maximum Gasteiger partial charge on any atom is 0.137 e. The van der Waals surface area contributed by atoms with Crippen molar-refractivity contribution in [2.24, 2.45) is 5.92 Å². The molecule has 1 fully saturated rings. The van der Waals surface area contributed by atoms with Gasteiger partial charge < -0.3 is 4.74 Å². The molecule has 1 saturated carbocycles. The van der Waals surface area contributed by atoms with E-state index in [1.807, 2.05) is 13.1 Å². The summed E-state index contributed by atoms with van der Waals surface area (Å²) in [6, 6.07) is 4.24. The van der Waals surface area contributed by atoms with E-state index in [0.29, 0.717) is 12.5 Å². The summed E-state index contributed by atoms with van der Waals surface area (Å²) < 4.78 is 5.47. The van der Waals surface area contributed by atoms with Gasteiger partial charge in [0.25, 0.3) is 0 Å². The summed E-state index contributed by atoms with van der Waals surface area (Å²) in [4.78, 5) is 4.61. The summed E-state index contributed by atoms with van der Waals surface area (Å²) in [5.74, 6) is 2.54. The van der Waals surface area contributed by atoms with Crippen LogP contribution in [-0.2, 0) is 0 Å². The van der Waals surface area contributed by atoms with Gasteiger partial charge in [0.1, 0.15) is 5.75 Å². The zero-order valence-corrected chi connectivity index (χ0v) is 13.8. The molecule has 0 amide bonds. The third-order valence-electron chi connectivity index (χ3n) is 4.80. The Morgan fingerprint density at radius 2 is 1.86 bits per heavy atom. The van der Waals surface area contributed by atoms with Crippen molar-refractivity contribution in [1.29, 1.82) is 0 Å². The molecule has 2 rings (SSSR count). The van der Waals surface area contributed by atoms with Crippen LogP contribution in [0.15, 0.2) is 18.3 Å². The first-order valence-corrected chi connectivity index (χ1v) is 8.92. The molecule has 1 heterocycles. The van der Waals surface area contributed by atoms with Crippen LogP contribution in [0.2, 0.25) is 0 Å². The maximum atomic E-state index is 5.47. The average Bonchev–Trinajstić information content (AvgIpc) is 2.53. The monoisotopic (exact) mass is 289 g/mol. The van der Waals surface area contributed by atoms with E-state index in [9.17, 15) is 0 Å². The van der Waals surface area contributed by atoms with E-state index in [0.717, 1.165) is 11.7 Å². The highest BCUT2D eigenvalue weighted by atomic mass is 16.5. The van der Waals surface area contributed by atoms with E-state index < -0.39 is 0 Å². The van der Waals surface area contributed by atoms with Gasteiger partial charge >= 0.3 is 0 Å². The van der Waals surface area contributed by atoms with Crippen molar-refractivity contribution in [2.75, 3.05) is 6.61 Å². The highest BCUT2D eigenvalue weighted by molar-refractivity contribution is 5.22. The van der Waals surface area contributed by atoms with Gasteiger partial charge in [-0.15, -0.1) is 0 Å². The summed E-state index contributed by atoms with van der Waals surface area (Å²) in [6.45, 7) is 5.01. The number of rotatable bonds is 8. The zero-order valence-electron chi connectivity index (χ0n) is 13.8. The molecule has 0 aliphatic heterocycles. The number of nitrogens with zero attached hydrogens (tertiary/aromatic N) is 1. The molecule has 1 aromatic rings. The van der Waals surface area contributed by atoms with Crippen molar-refractivity contribution >= 4 is 0 Å². The average molecular weight is 289 g/mol. The molecule has 1 aliphatic rings. The second-order valence-electron chi connectivity index (χ2n) is 6.42. The Morgan fingerprint density at radius 1 is 1.05 bits per heavy atom. The van der Waals surface area contributed by atoms with Crippen LogP contribution in [0.3, 0.4) is 0 Å². The lowest BCUT2D eigenvalue weighted by molar-refractivity contribution is 0.298. The molecular formula is C19H31NO. The molecule has 0 radical (unpaired) electrons. The first kappa shape index (κ1) is 16.3. The molecule has 118 valence electrons. The van der Waals surface area contributed by atoms with Gasteiger partial charge in [-0.25, -0.2) is 0 Å². The van der Waals surface area contributed by atoms with Crippen LogP contribution in [0.4, 0.5) is 0 Å². The number of hydrogen-bond acceptors (Lipinski definition) is 2.